The minimum absolute atomic E-state index is 0.0283. The molecule has 29 heavy (non-hydrogen) atoms. The number of nitro groups is 1. The number of carbonyl (C=O) groups is 2. The van der Waals surface area contributed by atoms with Crippen molar-refractivity contribution >= 4 is 28.9 Å². The Hall–Kier alpha value is -4.14. The molecule has 3 aromatic rings. The smallest absolute Gasteiger partial charge is 0.291 e. The maximum absolute atomic E-state index is 12.3. The van der Waals surface area contributed by atoms with E-state index >= 15 is 0 Å². The zero-order valence-corrected chi connectivity index (χ0v) is 15.4. The lowest BCUT2D eigenvalue weighted by Crippen LogP contribution is -2.11. The second kappa shape index (κ2) is 8.70. The normalized spacial score (nSPS) is 10.2. The predicted octanol–water partition coefficient (Wildman–Crippen LogP) is 3.98. The number of anilines is 2. The molecule has 2 aromatic carbocycles. The van der Waals surface area contributed by atoms with Crippen molar-refractivity contribution in [3.05, 3.63) is 82.3 Å². The first-order valence-corrected chi connectivity index (χ1v) is 8.56. The summed E-state index contributed by atoms with van der Waals surface area (Å²) in [5.74, 6) is 0.365. The van der Waals surface area contributed by atoms with Crippen LogP contribution in [0.3, 0.4) is 0 Å². The van der Waals surface area contributed by atoms with Gasteiger partial charge in [-0.2, -0.15) is 0 Å². The SMILES string of the molecule is CC(=O)Nc1ccc(NC(=O)c2ccc(COc3ccc([N+](=O)[O-])cc3)o2)cc1. The first-order chi connectivity index (χ1) is 13.9. The average molecular weight is 395 g/mol. The second-order valence-electron chi connectivity index (χ2n) is 6.02. The molecular formula is C20H17N3O6. The molecule has 1 heterocycles. The number of ether oxygens (including phenoxy) is 1. The van der Waals surface area contributed by atoms with Crippen molar-refractivity contribution in [2.24, 2.45) is 0 Å². The van der Waals surface area contributed by atoms with Gasteiger partial charge in [0.15, 0.2) is 5.76 Å². The van der Waals surface area contributed by atoms with Crippen molar-refractivity contribution in [3.8, 4) is 5.75 Å². The molecule has 0 aliphatic heterocycles. The Morgan fingerprint density at radius 1 is 0.966 bits per heavy atom. The summed E-state index contributed by atoms with van der Waals surface area (Å²) in [6.45, 7) is 1.48. The van der Waals surface area contributed by atoms with Crippen molar-refractivity contribution in [2.75, 3.05) is 10.6 Å². The number of carbonyl (C=O) groups excluding carboxylic acids is 2. The molecule has 0 spiro atoms. The second-order valence-corrected chi connectivity index (χ2v) is 6.02. The molecule has 0 atom stereocenters. The molecular weight excluding hydrogens is 378 g/mol. The van der Waals surface area contributed by atoms with E-state index in [4.69, 9.17) is 9.15 Å². The van der Waals surface area contributed by atoms with Crippen molar-refractivity contribution < 1.29 is 23.7 Å². The topological polar surface area (TPSA) is 124 Å². The predicted molar refractivity (Wildman–Crippen MR) is 105 cm³/mol. The molecule has 0 unspecified atom stereocenters. The maximum atomic E-state index is 12.3. The van der Waals surface area contributed by atoms with E-state index in [9.17, 15) is 19.7 Å². The highest BCUT2D eigenvalue weighted by atomic mass is 16.6. The van der Waals surface area contributed by atoms with E-state index < -0.39 is 10.8 Å². The van der Waals surface area contributed by atoms with Gasteiger partial charge in [0.1, 0.15) is 18.1 Å². The van der Waals surface area contributed by atoms with Crippen LogP contribution in [-0.4, -0.2) is 16.7 Å². The molecule has 3 rings (SSSR count). The molecule has 0 radical (unpaired) electrons. The van der Waals surface area contributed by atoms with Gasteiger partial charge in [0, 0.05) is 30.4 Å². The van der Waals surface area contributed by atoms with Gasteiger partial charge in [0.2, 0.25) is 5.91 Å². The van der Waals surface area contributed by atoms with Gasteiger partial charge in [-0.05, 0) is 48.5 Å². The minimum Gasteiger partial charge on any atom is -0.486 e. The van der Waals surface area contributed by atoms with E-state index in [0.29, 0.717) is 22.9 Å². The molecule has 1 aromatic heterocycles. The van der Waals surface area contributed by atoms with E-state index in [-0.39, 0.29) is 24.0 Å². The molecule has 0 aliphatic carbocycles. The maximum Gasteiger partial charge on any atom is 0.291 e. The van der Waals surface area contributed by atoms with Gasteiger partial charge in [-0.1, -0.05) is 0 Å². The third kappa shape index (κ3) is 5.42. The largest absolute Gasteiger partial charge is 0.486 e. The fourth-order valence-corrected chi connectivity index (χ4v) is 2.43. The lowest BCUT2D eigenvalue weighted by Gasteiger charge is -2.06. The number of hydrogen-bond donors (Lipinski definition) is 2. The van der Waals surface area contributed by atoms with Gasteiger partial charge in [-0.15, -0.1) is 0 Å². The van der Waals surface area contributed by atoms with E-state index in [1.54, 1.807) is 30.3 Å². The summed E-state index contributed by atoms with van der Waals surface area (Å²) < 4.78 is 11.0. The van der Waals surface area contributed by atoms with Crippen molar-refractivity contribution in [2.45, 2.75) is 13.5 Å². The number of nitrogens with one attached hydrogen (secondary N) is 2. The van der Waals surface area contributed by atoms with Crippen molar-refractivity contribution in [3.63, 3.8) is 0 Å². The molecule has 0 saturated heterocycles. The van der Waals surface area contributed by atoms with Crippen LogP contribution >= 0.6 is 0 Å². The van der Waals surface area contributed by atoms with Crippen LogP contribution in [0.1, 0.15) is 23.2 Å². The van der Waals surface area contributed by atoms with Crippen LogP contribution in [0.2, 0.25) is 0 Å². The average Bonchev–Trinajstić information content (AvgIpc) is 3.17. The summed E-state index contributed by atoms with van der Waals surface area (Å²) in [4.78, 5) is 33.5. The fraction of sp³-hybridized carbons (Fsp3) is 0.100. The monoisotopic (exact) mass is 395 g/mol. The van der Waals surface area contributed by atoms with E-state index in [1.165, 1.54) is 37.3 Å². The number of benzene rings is 2. The summed E-state index contributed by atoms with van der Waals surface area (Å²) in [7, 11) is 0. The summed E-state index contributed by atoms with van der Waals surface area (Å²) in [6.07, 6.45) is 0. The summed E-state index contributed by atoms with van der Waals surface area (Å²) in [5.41, 5.74) is 1.14. The van der Waals surface area contributed by atoms with Crippen molar-refractivity contribution in [1.82, 2.24) is 0 Å². The summed E-state index contributed by atoms with van der Waals surface area (Å²) in [6, 6.07) is 15.4. The lowest BCUT2D eigenvalue weighted by atomic mass is 10.2. The van der Waals surface area contributed by atoms with Crippen LogP contribution in [0.5, 0.6) is 5.75 Å². The van der Waals surface area contributed by atoms with Gasteiger partial charge in [0.25, 0.3) is 11.6 Å². The number of nitro benzene ring substituents is 1. The van der Waals surface area contributed by atoms with Crippen LogP contribution in [0.25, 0.3) is 0 Å². The first kappa shape index (κ1) is 19.6. The molecule has 0 fully saturated rings. The lowest BCUT2D eigenvalue weighted by molar-refractivity contribution is -0.384. The molecule has 2 N–H and O–H groups in total. The Kier molecular flexibility index (Phi) is 5.88. The van der Waals surface area contributed by atoms with Gasteiger partial charge in [0.05, 0.1) is 4.92 Å². The molecule has 0 bridgehead atoms. The first-order valence-electron chi connectivity index (χ1n) is 8.56. The summed E-state index contributed by atoms with van der Waals surface area (Å²) in [5, 5.41) is 16.0. The van der Waals surface area contributed by atoms with Crippen LogP contribution in [-0.2, 0) is 11.4 Å². The van der Waals surface area contributed by atoms with Crippen LogP contribution < -0.4 is 15.4 Å². The molecule has 9 nitrogen and oxygen atoms in total. The third-order valence-corrected chi connectivity index (χ3v) is 3.78. The van der Waals surface area contributed by atoms with Crippen LogP contribution in [0.15, 0.2) is 65.1 Å². The number of nitrogens with zero attached hydrogens (tertiary/aromatic N) is 1. The zero-order chi connectivity index (χ0) is 20.8. The number of non-ortho nitro benzene ring substituents is 1. The van der Waals surface area contributed by atoms with Gasteiger partial charge < -0.3 is 19.8 Å². The van der Waals surface area contributed by atoms with E-state index in [1.807, 2.05) is 0 Å². The zero-order valence-electron chi connectivity index (χ0n) is 15.4. The Balaban J connectivity index is 1.55. The number of amides is 2. The Bertz CT molecular complexity index is 1030. The van der Waals surface area contributed by atoms with E-state index in [2.05, 4.69) is 10.6 Å². The highest BCUT2D eigenvalue weighted by molar-refractivity contribution is 6.02. The fourth-order valence-electron chi connectivity index (χ4n) is 2.43. The Labute approximate surface area is 165 Å². The third-order valence-electron chi connectivity index (χ3n) is 3.78. The van der Waals surface area contributed by atoms with Crippen LogP contribution in [0, 0.1) is 10.1 Å². The standard InChI is InChI=1S/C20H17N3O6/c1-13(24)21-14-2-4-15(5-3-14)22-20(25)19-11-10-18(29-19)12-28-17-8-6-16(7-9-17)23(26)27/h2-11H,12H2,1H3,(H,21,24)(H,22,25). The highest BCUT2D eigenvalue weighted by Crippen LogP contribution is 2.20. The highest BCUT2D eigenvalue weighted by Gasteiger charge is 2.12. The van der Waals surface area contributed by atoms with Crippen molar-refractivity contribution in [1.29, 1.82) is 0 Å². The molecule has 0 saturated carbocycles. The van der Waals surface area contributed by atoms with Gasteiger partial charge in [-0.3, -0.25) is 19.7 Å². The number of furan rings is 1. The quantitative estimate of drug-likeness (QED) is 0.461. The molecule has 0 aliphatic rings. The van der Waals surface area contributed by atoms with Gasteiger partial charge >= 0.3 is 0 Å². The molecule has 2 amide bonds. The Morgan fingerprint density at radius 3 is 2.17 bits per heavy atom. The number of hydrogen-bond acceptors (Lipinski definition) is 6. The summed E-state index contributed by atoms with van der Waals surface area (Å²) >= 11 is 0. The number of rotatable bonds is 7. The van der Waals surface area contributed by atoms with Gasteiger partial charge in [-0.25, -0.2) is 0 Å². The minimum atomic E-state index is -0.491. The van der Waals surface area contributed by atoms with E-state index in [0.717, 1.165) is 0 Å². The van der Waals surface area contributed by atoms with Crippen LogP contribution in [0.4, 0.5) is 17.1 Å². The molecule has 148 valence electrons. The molecule has 9 heteroatoms. The Morgan fingerprint density at radius 2 is 1.59 bits per heavy atom.